The number of aromatic nitrogens is 1. The Morgan fingerprint density at radius 2 is 2.08 bits per heavy atom. The molecule has 1 amide bonds. The minimum atomic E-state index is 0.00811. The zero-order chi connectivity index (χ0) is 16.9. The van der Waals surface area contributed by atoms with E-state index in [1.807, 2.05) is 6.07 Å². The Morgan fingerprint density at radius 1 is 1.33 bits per heavy atom. The molecule has 6 nitrogen and oxygen atoms in total. The Hall–Kier alpha value is -1.66. The molecule has 1 saturated carbocycles. The van der Waals surface area contributed by atoms with Crippen LogP contribution in [-0.4, -0.2) is 72.5 Å². The highest BCUT2D eigenvalue weighted by Gasteiger charge is 2.24. The highest BCUT2D eigenvalue weighted by molar-refractivity contribution is 5.95. The molecule has 2 N–H and O–H groups in total. The molecular formula is C18H29N5O. The molecule has 1 saturated heterocycles. The van der Waals surface area contributed by atoms with Crippen molar-refractivity contribution in [3.8, 4) is 0 Å². The first-order valence-corrected chi connectivity index (χ1v) is 9.05. The van der Waals surface area contributed by atoms with Gasteiger partial charge >= 0.3 is 0 Å². The Labute approximate surface area is 144 Å². The minimum absolute atomic E-state index is 0.00811. The summed E-state index contributed by atoms with van der Waals surface area (Å²) in [7, 11) is 2.18. The summed E-state index contributed by atoms with van der Waals surface area (Å²) in [6.07, 6.45) is 4.98. The van der Waals surface area contributed by atoms with Crippen molar-refractivity contribution in [3.63, 3.8) is 0 Å². The summed E-state index contributed by atoms with van der Waals surface area (Å²) >= 11 is 0. The zero-order valence-corrected chi connectivity index (χ0v) is 14.8. The maximum Gasteiger partial charge on any atom is 0.251 e. The van der Waals surface area contributed by atoms with Crippen LogP contribution in [0.4, 0.5) is 5.82 Å². The van der Waals surface area contributed by atoms with Gasteiger partial charge in [-0.2, -0.15) is 0 Å². The molecule has 2 fully saturated rings. The van der Waals surface area contributed by atoms with Crippen molar-refractivity contribution in [1.82, 2.24) is 20.1 Å². The van der Waals surface area contributed by atoms with Crippen LogP contribution < -0.4 is 10.6 Å². The summed E-state index contributed by atoms with van der Waals surface area (Å²) in [5, 5.41) is 6.37. The molecule has 0 spiro atoms. The molecule has 6 heteroatoms. The van der Waals surface area contributed by atoms with Gasteiger partial charge in [0, 0.05) is 56.6 Å². The van der Waals surface area contributed by atoms with E-state index >= 15 is 0 Å². The third-order valence-electron chi connectivity index (χ3n) is 4.96. The van der Waals surface area contributed by atoms with Crippen LogP contribution in [0.2, 0.25) is 0 Å². The van der Waals surface area contributed by atoms with E-state index in [1.165, 1.54) is 0 Å². The summed E-state index contributed by atoms with van der Waals surface area (Å²) in [5.74, 6) is 0.790. The molecule has 1 atom stereocenters. The summed E-state index contributed by atoms with van der Waals surface area (Å²) in [5.41, 5.74) is 0.687. The number of hydrogen-bond acceptors (Lipinski definition) is 5. The van der Waals surface area contributed by atoms with Crippen molar-refractivity contribution in [3.05, 3.63) is 23.9 Å². The number of likely N-dealkylation sites (N-methyl/N-ethyl adjacent to an activating group) is 1. The molecule has 1 aromatic heterocycles. The maximum atomic E-state index is 12.1. The van der Waals surface area contributed by atoms with E-state index in [0.717, 1.165) is 57.8 Å². The van der Waals surface area contributed by atoms with Crippen molar-refractivity contribution in [2.24, 2.45) is 0 Å². The van der Waals surface area contributed by atoms with Crippen LogP contribution in [0.1, 0.15) is 36.5 Å². The first kappa shape index (κ1) is 17.2. The number of piperazine rings is 1. The number of carbonyl (C=O) groups is 1. The predicted molar refractivity (Wildman–Crippen MR) is 96.4 cm³/mol. The summed E-state index contributed by atoms with van der Waals surface area (Å²) in [6, 6.07) is 4.56. The van der Waals surface area contributed by atoms with Crippen LogP contribution >= 0.6 is 0 Å². The van der Waals surface area contributed by atoms with Crippen LogP contribution in [0.15, 0.2) is 18.3 Å². The molecule has 0 unspecified atom stereocenters. The van der Waals surface area contributed by atoms with Crippen molar-refractivity contribution in [1.29, 1.82) is 0 Å². The van der Waals surface area contributed by atoms with Crippen LogP contribution in [0.5, 0.6) is 0 Å². The van der Waals surface area contributed by atoms with Gasteiger partial charge in [0.1, 0.15) is 5.82 Å². The van der Waals surface area contributed by atoms with E-state index in [4.69, 9.17) is 0 Å². The first-order chi connectivity index (χ1) is 11.6. The third-order valence-corrected chi connectivity index (χ3v) is 4.96. The number of nitrogens with zero attached hydrogens (tertiary/aromatic N) is 3. The lowest BCUT2D eigenvalue weighted by Gasteiger charge is -2.36. The van der Waals surface area contributed by atoms with Crippen molar-refractivity contribution in [2.45, 2.75) is 38.3 Å². The maximum absolute atomic E-state index is 12.1. The Kier molecular flexibility index (Phi) is 5.68. The van der Waals surface area contributed by atoms with Gasteiger partial charge in [0.15, 0.2) is 0 Å². The van der Waals surface area contributed by atoms with Gasteiger partial charge in [-0.15, -0.1) is 0 Å². The largest absolute Gasteiger partial charge is 0.370 e. The second-order valence-corrected chi connectivity index (χ2v) is 7.08. The second kappa shape index (κ2) is 7.94. The number of pyridine rings is 1. The molecule has 3 rings (SSSR count). The number of rotatable bonds is 7. The lowest BCUT2D eigenvalue weighted by atomic mass is 10.1. The van der Waals surface area contributed by atoms with Gasteiger partial charge in [0.2, 0.25) is 0 Å². The lowest BCUT2D eigenvalue weighted by Crippen LogP contribution is -2.48. The number of nitrogens with one attached hydrogen (secondary N) is 2. The van der Waals surface area contributed by atoms with Gasteiger partial charge in [-0.3, -0.25) is 9.69 Å². The van der Waals surface area contributed by atoms with Crippen LogP contribution in [0.3, 0.4) is 0 Å². The van der Waals surface area contributed by atoms with E-state index in [0.29, 0.717) is 17.6 Å². The Balaban J connectivity index is 1.43. The predicted octanol–water partition coefficient (Wildman–Crippen LogP) is 1.41. The standard InChI is InChI=1S/C18H29N5O/c1-14(23-11-9-22(2)10-12-23)5-7-19-17-13-15(6-8-20-17)18(24)21-16-3-4-16/h6,8,13-14,16H,3-5,7,9-12H2,1-2H3,(H,19,20)(H,21,24)/t14-/m0/s1. The quantitative estimate of drug-likeness (QED) is 0.791. The lowest BCUT2D eigenvalue weighted by molar-refractivity contribution is 0.0951. The smallest absolute Gasteiger partial charge is 0.251 e. The normalized spacial score (nSPS) is 20.6. The van der Waals surface area contributed by atoms with Gasteiger partial charge in [-0.05, 0) is 45.4 Å². The zero-order valence-electron chi connectivity index (χ0n) is 14.8. The molecule has 1 aliphatic heterocycles. The molecule has 24 heavy (non-hydrogen) atoms. The van der Waals surface area contributed by atoms with Crippen molar-refractivity contribution < 1.29 is 4.79 Å². The highest BCUT2D eigenvalue weighted by Crippen LogP contribution is 2.19. The second-order valence-electron chi connectivity index (χ2n) is 7.08. The fourth-order valence-corrected chi connectivity index (χ4v) is 3.02. The fraction of sp³-hybridized carbons (Fsp3) is 0.667. The fourth-order valence-electron chi connectivity index (χ4n) is 3.02. The van der Waals surface area contributed by atoms with Crippen LogP contribution in [0.25, 0.3) is 0 Å². The molecule has 1 aromatic rings. The molecule has 2 aliphatic rings. The van der Waals surface area contributed by atoms with E-state index < -0.39 is 0 Å². The average Bonchev–Trinajstić information content (AvgIpc) is 3.39. The molecule has 0 aromatic carbocycles. The average molecular weight is 331 g/mol. The number of carbonyl (C=O) groups excluding carboxylic acids is 1. The number of hydrogen-bond donors (Lipinski definition) is 2. The topological polar surface area (TPSA) is 60.5 Å². The van der Waals surface area contributed by atoms with E-state index in [9.17, 15) is 4.79 Å². The monoisotopic (exact) mass is 331 g/mol. The van der Waals surface area contributed by atoms with E-state index in [2.05, 4.69) is 39.4 Å². The SMILES string of the molecule is C[C@@H](CCNc1cc(C(=O)NC2CC2)ccn1)N1CCN(C)CC1. The number of amides is 1. The molecule has 0 bridgehead atoms. The molecule has 1 aliphatic carbocycles. The van der Waals surface area contributed by atoms with Gasteiger partial charge in [0.25, 0.3) is 5.91 Å². The molecule has 2 heterocycles. The van der Waals surface area contributed by atoms with Gasteiger partial charge < -0.3 is 15.5 Å². The first-order valence-electron chi connectivity index (χ1n) is 9.05. The molecular weight excluding hydrogens is 302 g/mol. The highest BCUT2D eigenvalue weighted by atomic mass is 16.1. The summed E-state index contributed by atoms with van der Waals surface area (Å²) < 4.78 is 0. The van der Waals surface area contributed by atoms with E-state index in [1.54, 1.807) is 12.3 Å². The van der Waals surface area contributed by atoms with Gasteiger partial charge in [-0.25, -0.2) is 4.98 Å². The minimum Gasteiger partial charge on any atom is -0.370 e. The summed E-state index contributed by atoms with van der Waals surface area (Å²) in [4.78, 5) is 21.3. The van der Waals surface area contributed by atoms with Gasteiger partial charge in [-0.1, -0.05) is 0 Å². The molecule has 132 valence electrons. The molecule has 0 radical (unpaired) electrons. The van der Waals surface area contributed by atoms with Crippen LogP contribution in [-0.2, 0) is 0 Å². The van der Waals surface area contributed by atoms with Crippen molar-refractivity contribution >= 4 is 11.7 Å². The number of anilines is 1. The Morgan fingerprint density at radius 3 is 2.79 bits per heavy atom. The summed E-state index contributed by atoms with van der Waals surface area (Å²) in [6.45, 7) is 7.75. The van der Waals surface area contributed by atoms with E-state index in [-0.39, 0.29) is 5.91 Å². The van der Waals surface area contributed by atoms with Crippen LogP contribution in [0, 0.1) is 0 Å². The van der Waals surface area contributed by atoms with Crippen molar-refractivity contribution in [2.75, 3.05) is 45.1 Å². The van der Waals surface area contributed by atoms with Gasteiger partial charge in [0.05, 0.1) is 0 Å². The Bertz CT molecular complexity index is 552. The third kappa shape index (κ3) is 4.92.